The summed E-state index contributed by atoms with van der Waals surface area (Å²) in [7, 11) is 0. The van der Waals surface area contributed by atoms with Crippen molar-refractivity contribution in [2.45, 2.75) is 13.3 Å². The predicted molar refractivity (Wildman–Crippen MR) is 55.6 cm³/mol. The monoisotopic (exact) mass is 212 g/mol. The van der Waals surface area contributed by atoms with E-state index in [9.17, 15) is 9.18 Å². The zero-order valence-corrected chi connectivity index (χ0v) is 8.42. The van der Waals surface area contributed by atoms with E-state index in [0.29, 0.717) is 12.2 Å². The van der Waals surface area contributed by atoms with Crippen LogP contribution in [0.1, 0.15) is 12.5 Å². The Balaban J connectivity index is 2.86. The quantitative estimate of drug-likeness (QED) is 0.580. The number of carbonyl (C=O) groups excluding carboxylic acids is 1. The van der Waals surface area contributed by atoms with Gasteiger partial charge in [0.1, 0.15) is 5.82 Å². The molecule has 0 saturated carbocycles. The number of anilines is 2. The van der Waals surface area contributed by atoms with E-state index in [2.05, 4.69) is 0 Å². The van der Waals surface area contributed by atoms with Gasteiger partial charge in [0.25, 0.3) is 0 Å². The smallest absolute Gasteiger partial charge is 0.310 e. The highest BCUT2D eigenvalue weighted by Gasteiger charge is 2.10. The fourth-order valence-corrected chi connectivity index (χ4v) is 1.17. The van der Waals surface area contributed by atoms with Crippen LogP contribution in [0.5, 0.6) is 0 Å². The molecular formula is C10H13FN2O2. The third-order valence-electron chi connectivity index (χ3n) is 1.90. The molecule has 0 bridgehead atoms. The highest BCUT2D eigenvalue weighted by Crippen LogP contribution is 2.20. The summed E-state index contributed by atoms with van der Waals surface area (Å²) in [5, 5.41) is 0. The molecule has 0 saturated heterocycles. The first-order chi connectivity index (χ1) is 7.04. The molecule has 82 valence electrons. The first-order valence-electron chi connectivity index (χ1n) is 4.53. The Kier molecular flexibility index (Phi) is 3.49. The highest BCUT2D eigenvalue weighted by atomic mass is 19.1. The minimum Gasteiger partial charge on any atom is -0.466 e. The normalized spacial score (nSPS) is 10.0. The molecule has 0 atom stereocenters. The van der Waals surface area contributed by atoms with Gasteiger partial charge in [-0.05, 0) is 24.6 Å². The average molecular weight is 212 g/mol. The first-order valence-corrected chi connectivity index (χ1v) is 4.53. The number of hydrogen-bond donors (Lipinski definition) is 2. The number of nitrogen functional groups attached to an aromatic ring is 2. The van der Waals surface area contributed by atoms with Crippen molar-refractivity contribution < 1.29 is 13.9 Å². The van der Waals surface area contributed by atoms with Gasteiger partial charge in [-0.1, -0.05) is 0 Å². The summed E-state index contributed by atoms with van der Waals surface area (Å²) < 4.78 is 17.7. The lowest BCUT2D eigenvalue weighted by Crippen LogP contribution is -2.10. The van der Waals surface area contributed by atoms with Crippen LogP contribution in [0.25, 0.3) is 0 Å². The molecule has 4 nitrogen and oxygen atoms in total. The lowest BCUT2D eigenvalue weighted by molar-refractivity contribution is -0.142. The van der Waals surface area contributed by atoms with Crippen LogP contribution in [-0.2, 0) is 16.0 Å². The number of halogens is 1. The number of carbonyl (C=O) groups is 1. The van der Waals surface area contributed by atoms with Crippen LogP contribution in [0, 0.1) is 5.82 Å². The maximum absolute atomic E-state index is 12.9. The topological polar surface area (TPSA) is 78.3 Å². The van der Waals surface area contributed by atoms with Gasteiger partial charge >= 0.3 is 5.97 Å². The number of rotatable bonds is 3. The standard InChI is InChI=1S/C10H13FN2O2/c1-2-15-10(14)4-6-3-9(13)7(11)5-8(6)12/h3,5H,2,4,12-13H2,1H3. The minimum absolute atomic E-state index is 0.00412. The number of nitrogens with two attached hydrogens (primary N) is 2. The van der Waals surface area contributed by atoms with Gasteiger partial charge < -0.3 is 16.2 Å². The summed E-state index contributed by atoms with van der Waals surface area (Å²) in [5.74, 6) is -0.990. The highest BCUT2D eigenvalue weighted by molar-refractivity contribution is 5.75. The molecule has 0 unspecified atom stereocenters. The van der Waals surface area contributed by atoms with Crippen LogP contribution in [0.15, 0.2) is 12.1 Å². The summed E-state index contributed by atoms with van der Waals surface area (Å²) in [5.41, 5.74) is 11.5. The Morgan fingerprint density at radius 3 is 2.67 bits per heavy atom. The molecule has 5 heteroatoms. The predicted octanol–water partition coefficient (Wildman–Crippen LogP) is 1.10. The number of esters is 1. The molecule has 0 aromatic heterocycles. The van der Waals surface area contributed by atoms with Crippen LogP contribution >= 0.6 is 0 Å². The summed E-state index contributed by atoms with van der Waals surface area (Å²) in [6, 6.07) is 2.45. The maximum Gasteiger partial charge on any atom is 0.310 e. The van der Waals surface area contributed by atoms with Crippen molar-refractivity contribution in [3.8, 4) is 0 Å². The van der Waals surface area contributed by atoms with Gasteiger partial charge in [-0.15, -0.1) is 0 Å². The molecule has 1 aromatic rings. The zero-order valence-electron chi connectivity index (χ0n) is 8.42. The second kappa shape index (κ2) is 4.63. The molecule has 0 radical (unpaired) electrons. The fourth-order valence-electron chi connectivity index (χ4n) is 1.17. The average Bonchev–Trinajstić information content (AvgIpc) is 2.14. The molecule has 0 heterocycles. The second-order valence-electron chi connectivity index (χ2n) is 3.05. The van der Waals surface area contributed by atoms with E-state index in [-0.39, 0.29) is 17.8 Å². The van der Waals surface area contributed by atoms with Gasteiger partial charge in [0.2, 0.25) is 0 Å². The van der Waals surface area contributed by atoms with E-state index in [0.717, 1.165) is 6.07 Å². The molecule has 0 aliphatic rings. The number of benzene rings is 1. The Labute approximate surface area is 87.0 Å². The van der Waals surface area contributed by atoms with E-state index in [1.807, 2.05) is 0 Å². The summed E-state index contributed by atoms with van der Waals surface area (Å²) in [6.45, 7) is 2.01. The first kappa shape index (κ1) is 11.3. The molecule has 0 aliphatic heterocycles. The van der Waals surface area contributed by atoms with Crippen LogP contribution in [-0.4, -0.2) is 12.6 Å². The maximum atomic E-state index is 12.9. The van der Waals surface area contributed by atoms with Gasteiger partial charge in [0, 0.05) is 5.69 Å². The fraction of sp³-hybridized carbons (Fsp3) is 0.300. The van der Waals surface area contributed by atoms with Crippen molar-refractivity contribution in [1.29, 1.82) is 0 Å². The van der Waals surface area contributed by atoms with Crippen LogP contribution in [0.3, 0.4) is 0 Å². The molecule has 1 aromatic carbocycles. The van der Waals surface area contributed by atoms with Gasteiger partial charge in [-0.2, -0.15) is 0 Å². The van der Waals surface area contributed by atoms with E-state index in [1.165, 1.54) is 6.07 Å². The van der Waals surface area contributed by atoms with Crippen molar-refractivity contribution in [3.63, 3.8) is 0 Å². The van der Waals surface area contributed by atoms with Crippen molar-refractivity contribution in [1.82, 2.24) is 0 Å². The largest absolute Gasteiger partial charge is 0.466 e. The molecule has 15 heavy (non-hydrogen) atoms. The third-order valence-corrected chi connectivity index (χ3v) is 1.90. The summed E-state index contributed by atoms with van der Waals surface area (Å²) >= 11 is 0. The number of hydrogen-bond acceptors (Lipinski definition) is 4. The van der Waals surface area contributed by atoms with E-state index in [1.54, 1.807) is 6.92 Å². The van der Waals surface area contributed by atoms with Crippen molar-refractivity contribution >= 4 is 17.3 Å². The minimum atomic E-state index is -0.583. The molecule has 0 aliphatic carbocycles. The second-order valence-corrected chi connectivity index (χ2v) is 3.05. The van der Waals surface area contributed by atoms with E-state index >= 15 is 0 Å². The van der Waals surface area contributed by atoms with Gasteiger partial charge in [0.05, 0.1) is 18.7 Å². The van der Waals surface area contributed by atoms with Crippen LogP contribution in [0.4, 0.5) is 15.8 Å². The van der Waals surface area contributed by atoms with Gasteiger partial charge in [-0.25, -0.2) is 4.39 Å². The molecule has 0 fully saturated rings. The van der Waals surface area contributed by atoms with Crippen molar-refractivity contribution in [2.75, 3.05) is 18.1 Å². The van der Waals surface area contributed by atoms with Crippen molar-refractivity contribution in [3.05, 3.63) is 23.5 Å². The van der Waals surface area contributed by atoms with Crippen molar-refractivity contribution in [2.24, 2.45) is 0 Å². The van der Waals surface area contributed by atoms with Crippen LogP contribution < -0.4 is 11.5 Å². The van der Waals surface area contributed by atoms with E-state index in [4.69, 9.17) is 16.2 Å². The number of ether oxygens (including phenoxy) is 1. The zero-order chi connectivity index (χ0) is 11.4. The lowest BCUT2D eigenvalue weighted by atomic mass is 10.1. The molecule has 0 amide bonds. The Bertz CT molecular complexity index is 380. The molecule has 1 rings (SSSR count). The third kappa shape index (κ3) is 2.83. The molecular weight excluding hydrogens is 199 g/mol. The van der Waals surface area contributed by atoms with E-state index < -0.39 is 11.8 Å². The lowest BCUT2D eigenvalue weighted by Gasteiger charge is -2.07. The Morgan fingerprint density at radius 1 is 1.40 bits per heavy atom. The molecule has 0 spiro atoms. The van der Waals surface area contributed by atoms with Gasteiger partial charge in [0.15, 0.2) is 0 Å². The Morgan fingerprint density at radius 2 is 2.07 bits per heavy atom. The van der Waals surface area contributed by atoms with Crippen LogP contribution in [0.2, 0.25) is 0 Å². The molecule has 4 N–H and O–H groups in total. The Hall–Kier alpha value is -1.78. The SMILES string of the molecule is CCOC(=O)Cc1cc(N)c(F)cc1N. The summed E-state index contributed by atoms with van der Waals surface area (Å²) in [4.78, 5) is 11.1. The van der Waals surface area contributed by atoms with Gasteiger partial charge in [-0.3, -0.25) is 4.79 Å². The summed E-state index contributed by atoms with van der Waals surface area (Å²) in [6.07, 6.45) is 0.00412.